The summed E-state index contributed by atoms with van der Waals surface area (Å²) in [5.74, 6) is -0.285. The van der Waals surface area contributed by atoms with Crippen LogP contribution in [0.1, 0.15) is 34.9 Å². The predicted molar refractivity (Wildman–Crippen MR) is 76.3 cm³/mol. The van der Waals surface area contributed by atoms with Gasteiger partial charge in [0.1, 0.15) is 12.1 Å². The first kappa shape index (κ1) is 12.9. The molecule has 2 aromatic rings. The summed E-state index contributed by atoms with van der Waals surface area (Å²) < 4.78 is 13.0. The number of carbonyl (C=O) groups is 1. The van der Waals surface area contributed by atoms with Gasteiger partial charge in [0.2, 0.25) is 0 Å². The number of benzene rings is 1. The second kappa shape index (κ2) is 5.45. The summed E-state index contributed by atoms with van der Waals surface area (Å²) >= 11 is 0. The Morgan fingerprint density at radius 2 is 1.95 bits per heavy atom. The first-order chi connectivity index (χ1) is 9.78. The van der Waals surface area contributed by atoms with Crippen molar-refractivity contribution in [2.24, 2.45) is 0 Å². The number of allylic oxidation sites excluding steroid dienone is 2. The highest BCUT2D eigenvalue weighted by Crippen LogP contribution is 2.30. The lowest BCUT2D eigenvalue weighted by Gasteiger charge is -2.13. The Labute approximate surface area is 117 Å². The molecule has 2 nitrogen and oxygen atoms in total. The maximum atomic E-state index is 13.0. The number of nitrogens with one attached hydrogen (secondary N) is 1. The van der Waals surface area contributed by atoms with Gasteiger partial charge in [-0.25, -0.2) is 4.39 Å². The van der Waals surface area contributed by atoms with E-state index in [4.69, 9.17) is 0 Å². The topological polar surface area (TPSA) is 32.9 Å². The van der Waals surface area contributed by atoms with E-state index < -0.39 is 0 Å². The molecule has 3 rings (SSSR count). The smallest absolute Gasteiger partial charge is 0.123 e. The van der Waals surface area contributed by atoms with Crippen LogP contribution >= 0.6 is 0 Å². The molecule has 0 saturated carbocycles. The monoisotopic (exact) mass is 269 g/mol. The van der Waals surface area contributed by atoms with Crippen LogP contribution in [0.4, 0.5) is 4.39 Å². The lowest BCUT2D eigenvalue weighted by atomic mass is 9.92. The highest BCUT2D eigenvalue weighted by Gasteiger charge is 2.18. The molecule has 3 heteroatoms. The highest BCUT2D eigenvalue weighted by molar-refractivity contribution is 5.54. The van der Waals surface area contributed by atoms with Gasteiger partial charge in [-0.1, -0.05) is 24.3 Å². The summed E-state index contributed by atoms with van der Waals surface area (Å²) in [6.07, 6.45) is 7.47. The molecular weight excluding hydrogens is 253 g/mol. The number of aromatic nitrogens is 1. The van der Waals surface area contributed by atoms with Gasteiger partial charge in [0.15, 0.2) is 0 Å². The van der Waals surface area contributed by atoms with Crippen molar-refractivity contribution in [2.45, 2.75) is 25.2 Å². The third-order valence-corrected chi connectivity index (χ3v) is 3.82. The van der Waals surface area contributed by atoms with Crippen molar-refractivity contribution < 1.29 is 9.18 Å². The molecule has 0 saturated heterocycles. The molecule has 1 aliphatic rings. The lowest BCUT2D eigenvalue weighted by Crippen LogP contribution is -2.03. The number of fused-ring (bicyclic) bond motifs is 1. The maximum absolute atomic E-state index is 13.0. The van der Waals surface area contributed by atoms with Crippen LogP contribution in [-0.2, 0) is 17.6 Å². The predicted octanol–water partition coefficient (Wildman–Crippen LogP) is 3.53. The molecule has 0 spiro atoms. The van der Waals surface area contributed by atoms with Gasteiger partial charge in [-0.05, 0) is 35.7 Å². The first-order valence-corrected chi connectivity index (χ1v) is 6.82. The second-order valence-corrected chi connectivity index (χ2v) is 5.11. The van der Waals surface area contributed by atoms with Crippen molar-refractivity contribution in [3.63, 3.8) is 0 Å². The first-order valence-electron chi connectivity index (χ1n) is 6.82. The molecule has 102 valence electrons. The Bertz CT molecular complexity index is 614. The number of hydrogen-bond acceptors (Lipinski definition) is 1. The third-order valence-electron chi connectivity index (χ3n) is 3.82. The number of carbonyl (C=O) groups excluding carboxylic acids is 1. The molecule has 0 amide bonds. The van der Waals surface area contributed by atoms with Crippen molar-refractivity contribution >= 4 is 6.29 Å². The van der Waals surface area contributed by atoms with E-state index in [9.17, 15) is 9.18 Å². The number of aldehydes is 1. The molecule has 1 aromatic heterocycles. The minimum atomic E-state index is -0.256. The Balaban J connectivity index is 1.96. The molecular formula is C17H16FNO. The van der Waals surface area contributed by atoms with Crippen molar-refractivity contribution in [3.8, 4) is 0 Å². The average molecular weight is 269 g/mol. The Hall–Kier alpha value is -2.16. The molecule has 1 heterocycles. The molecule has 1 aliphatic carbocycles. The molecule has 0 unspecified atom stereocenters. The lowest BCUT2D eigenvalue weighted by molar-refractivity contribution is -0.108. The van der Waals surface area contributed by atoms with E-state index in [1.807, 2.05) is 0 Å². The zero-order chi connectivity index (χ0) is 13.9. The fourth-order valence-electron chi connectivity index (χ4n) is 2.76. The van der Waals surface area contributed by atoms with Crippen LogP contribution in [0.3, 0.4) is 0 Å². The van der Waals surface area contributed by atoms with Crippen LogP contribution in [-0.4, -0.2) is 11.3 Å². The number of hydrogen-bond donors (Lipinski definition) is 1. The summed E-state index contributed by atoms with van der Waals surface area (Å²) in [6, 6.07) is 8.52. The molecule has 1 atom stereocenters. The molecule has 1 aromatic carbocycles. The molecule has 0 radical (unpaired) electrons. The Morgan fingerprint density at radius 3 is 2.65 bits per heavy atom. The van der Waals surface area contributed by atoms with Gasteiger partial charge >= 0.3 is 0 Å². The van der Waals surface area contributed by atoms with E-state index in [0.717, 1.165) is 30.4 Å². The van der Waals surface area contributed by atoms with E-state index in [-0.39, 0.29) is 11.7 Å². The minimum Gasteiger partial charge on any atom is -0.361 e. The molecule has 0 aliphatic heterocycles. The summed E-state index contributed by atoms with van der Waals surface area (Å²) in [6.45, 7) is 0. The maximum Gasteiger partial charge on any atom is 0.123 e. The van der Waals surface area contributed by atoms with Crippen LogP contribution in [0, 0.1) is 5.82 Å². The van der Waals surface area contributed by atoms with Crippen LogP contribution in [0.15, 0.2) is 42.5 Å². The van der Waals surface area contributed by atoms with Gasteiger partial charge in [-0.15, -0.1) is 0 Å². The number of halogens is 1. The molecule has 1 N–H and O–H groups in total. The number of aromatic amines is 1. The second-order valence-electron chi connectivity index (χ2n) is 5.11. The summed E-state index contributed by atoms with van der Waals surface area (Å²) in [4.78, 5) is 14.4. The molecule has 0 bridgehead atoms. The minimum absolute atomic E-state index is 0.0290. The standard InChI is InChI=1S/C17H16FNO/c18-14-7-5-12(6-8-14)15(9-10-20)17-11-13-3-1-2-4-16(13)19-17/h1-2,5-8,10-11,15,19H,3-4,9H2/t15-/m0/s1. The van der Waals surface area contributed by atoms with Gasteiger partial charge in [0, 0.05) is 30.1 Å². The zero-order valence-corrected chi connectivity index (χ0v) is 11.1. The largest absolute Gasteiger partial charge is 0.361 e. The van der Waals surface area contributed by atoms with Gasteiger partial charge in [-0.2, -0.15) is 0 Å². The Morgan fingerprint density at radius 1 is 1.20 bits per heavy atom. The van der Waals surface area contributed by atoms with Crippen molar-refractivity contribution in [1.82, 2.24) is 4.98 Å². The third kappa shape index (κ3) is 2.44. The number of H-pyrrole nitrogens is 1. The molecule has 20 heavy (non-hydrogen) atoms. The summed E-state index contributed by atoms with van der Waals surface area (Å²) in [7, 11) is 0. The number of rotatable bonds is 4. The van der Waals surface area contributed by atoms with E-state index in [1.165, 1.54) is 23.4 Å². The van der Waals surface area contributed by atoms with Gasteiger partial charge in [0.05, 0.1) is 0 Å². The van der Waals surface area contributed by atoms with Crippen molar-refractivity contribution in [2.75, 3.05) is 0 Å². The Kier molecular flexibility index (Phi) is 3.50. The normalized spacial score (nSPS) is 14.8. The van der Waals surface area contributed by atoms with Crippen LogP contribution in [0.25, 0.3) is 0 Å². The van der Waals surface area contributed by atoms with E-state index in [1.54, 1.807) is 12.1 Å². The fraction of sp³-hybridized carbons (Fsp3) is 0.235. The van der Waals surface area contributed by atoms with E-state index >= 15 is 0 Å². The SMILES string of the molecule is O=CC[C@@H](c1ccc(F)cc1)c1cc2c([nH]1)CC=CC2. The zero-order valence-electron chi connectivity index (χ0n) is 11.1. The van der Waals surface area contributed by atoms with Crippen LogP contribution < -0.4 is 0 Å². The van der Waals surface area contributed by atoms with Gasteiger partial charge < -0.3 is 9.78 Å². The van der Waals surface area contributed by atoms with Gasteiger partial charge in [-0.3, -0.25) is 0 Å². The fourth-order valence-corrected chi connectivity index (χ4v) is 2.76. The van der Waals surface area contributed by atoms with E-state index in [2.05, 4.69) is 23.2 Å². The highest BCUT2D eigenvalue weighted by atomic mass is 19.1. The summed E-state index contributed by atoms with van der Waals surface area (Å²) in [5, 5.41) is 0. The summed E-state index contributed by atoms with van der Waals surface area (Å²) in [5.41, 5.74) is 4.52. The van der Waals surface area contributed by atoms with E-state index in [0.29, 0.717) is 6.42 Å². The quantitative estimate of drug-likeness (QED) is 0.668. The van der Waals surface area contributed by atoms with Crippen LogP contribution in [0.2, 0.25) is 0 Å². The average Bonchev–Trinajstić information content (AvgIpc) is 2.89. The van der Waals surface area contributed by atoms with Gasteiger partial charge in [0.25, 0.3) is 0 Å². The van der Waals surface area contributed by atoms with Crippen molar-refractivity contribution in [3.05, 3.63) is 70.8 Å². The molecule has 0 fully saturated rings. The van der Waals surface area contributed by atoms with Crippen LogP contribution in [0.5, 0.6) is 0 Å². The van der Waals surface area contributed by atoms with Crippen molar-refractivity contribution in [1.29, 1.82) is 0 Å².